The van der Waals surface area contributed by atoms with E-state index < -0.39 is 38.6 Å². The highest BCUT2D eigenvalue weighted by Crippen LogP contribution is 2.31. The molecule has 0 fully saturated rings. The number of nitrogens with one attached hydrogen (secondary N) is 2. The van der Waals surface area contributed by atoms with E-state index in [4.69, 9.17) is 4.74 Å². The van der Waals surface area contributed by atoms with E-state index in [0.29, 0.717) is 16.8 Å². The van der Waals surface area contributed by atoms with Crippen molar-refractivity contribution < 1.29 is 31.1 Å². The third-order valence-electron chi connectivity index (χ3n) is 4.19. The van der Waals surface area contributed by atoms with Crippen LogP contribution in [-0.2, 0) is 21.0 Å². The average molecular weight is 486 g/mol. The van der Waals surface area contributed by atoms with Crippen molar-refractivity contribution in [2.24, 2.45) is 0 Å². The molecule has 0 aliphatic carbocycles. The van der Waals surface area contributed by atoms with Crippen molar-refractivity contribution in [1.29, 1.82) is 0 Å². The maximum absolute atomic E-state index is 12.9. The van der Waals surface area contributed by atoms with Gasteiger partial charge in [-0.1, -0.05) is 17.4 Å². The van der Waals surface area contributed by atoms with Crippen LogP contribution in [0.5, 0.6) is 5.75 Å². The summed E-state index contributed by atoms with van der Waals surface area (Å²) in [5, 5.41) is 10.9. The number of ether oxygens (including phenoxy) is 1. The summed E-state index contributed by atoms with van der Waals surface area (Å²) in [6.45, 7) is 1.26. The number of alkyl halides is 3. The molecule has 13 heteroatoms. The Morgan fingerprint density at radius 2 is 1.81 bits per heavy atom. The topological polar surface area (TPSA) is 110 Å². The molecule has 1 amide bonds. The molecular weight excluding hydrogens is 469 g/mol. The van der Waals surface area contributed by atoms with E-state index in [1.807, 2.05) is 0 Å². The monoisotopic (exact) mass is 486 g/mol. The molecule has 0 radical (unpaired) electrons. The lowest BCUT2D eigenvalue weighted by Gasteiger charge is -2.14. The van der Waals surface area contributed by atoms with Gasteiger partial charge in [-0.3, -0.25) is 10.1 Å². The Kier molecular flexibility index (Phi) is 6.81. The zero-order chi connectivity index (χ0) is 23.5. The Labute approximate surface area is 185 Å². The minimum Gasteiger partial charge on any atom is -0.497 e. The Balaban J connectivity index is 1.68. The number of carbonyl (C=O) groups is 1. The fraction of sp³-hybridized carbons (Fsp3) is 0.211. The van der Waals surface area contributed by atoms with Crippen molar-refractivity contribution in [3.8, 4) is 16.3 Å². The number of hydrogen-bond acceptors (Lipinski definition) is 7. The Bertz CT molecular complexity index is 1210. The fourth-order valence-corrected chi connectivity index (χ4v) is 4.53. The molecule has 0 aliphatic heterocycles. The summed E-state index contributed by atoms with van der Waals surface area (Å²) in [7, 11) is -2.84. The molecule has 0 saturated heterocycles. The highest BCUT2D eigenvalue weighted by molar-refractivity contribution is 7.89. The normalized spacial score (nSPS) is 12.9. The maximum Gasteiger partial charge on any atom is 0.416 e. The first-order chi connectivity index (χ1) is 15.0. The number of aromatic nitrogens is 2. The Morgan fingerprint density at radius 1 is 1.12 bits per heavy atom. The third-order valence-corrected chi connectivity index (χ3v) is 6.62. The van der Waals surface area contributed by atoms with Crippen LogP contribution in [0, 0.1) is 0 Å². The van der Waals surface area contributed by atoms with E-state index in [1.54, 1.807) is 24.3 Å². The molecule has 32 heavy (non-hydrogen) atoms. The van der Waals surface area contributed by atoms with Gasteiger partial charge in [0.25, 0.3) is 0 Å². The number of methoxy groups -OCH3 is 1. The number of carbonyl (C=O) groups excluding carboxylic acids is 1. The van der Waals surface area contributed by atoms with Crippen LogP contribution in [0.3, 0.4) is 0 Å². The summed E-state index contributed by atoms with van der Waals surface area (Å²) >= 11 is 1.07. The average Bonchev–Trinajstić information content (AvgIpc) is 3.21. The molecule has 0 aliphatic rings. The number of benzene rings is 2. The predicted octanol–water partition coefficient (Wildman–Crippen LogP) is 3.54. The summed E-state index contributed by atoms with van der Waals surface area (Å²) in [5.74, 6) is -0.0911. The van der Waals surface area contributed by atoms with Crippen LogP contribution in [0.25, 0.3) is 10.6 Å². The number of halogens is 3. The van der Waals surface area contributed by atoms with Crippen LogP contribution in [0.1, 0.15) is 12.5 Å². The fourth-order valence-electron chi connectivity index (χ4n) is 2.53. The molecule has 0 bridgehead atoms. The molecule has 1 unspecified atom stereocenters. The highest BCUT2D eigenvalue weighted by atomic mass is 32.2. The van der Waals surface area contributed by atoms with Crippen LogP contribution in [-0.4, -0.2) is 37.7 Å². The molecule has 1 heterocycles. The minimum atomic E-state index is -4.70. The van der Waals surface area contributed by atoms with Crippen molar-refractivity contribution in [2.75, 3.05) is 12.4 Å². The molecular formula is C19H17F3N4O4S2. The van der Waals surface area contributed by atoms with Gasteiger partial charge in [-0.2, -0.15) is 17.9 Å². The van der Waals surface area contributed by atoms with E-state index >= 15 is 0 Å². The van der Waals surface area contributed by atoms with Crippen molar-refractivity contribution in [2.45, 2.75) is 24.0 Å². The van der Waals surface area contributed by atoms with Gasteiger partial charge in [0.2, 0.25) is 21.1 Å². The minimum absolute atomic E-state index is 0.130. The van der Waals surface area contributed by atoms with E-state index in [2.05, 4.69) is 20.2 Å². The molecule has 8 nitrogen and oxygen atoms in total. The molecule has 1 atom stereocenters. The first-order valence-corrected chi connectivity index (χ1v) is 11.3. The largest absolute Gasteiger partial charge is 0.497 e. The molecule has 0 saturated carbocycles. The number of hydrogen-bond donors (Lipinski definition) is 2. The van der Waals surface area contributed by atoms with Gasteiger partial charge in [-0.15, -0.1) is 10.2 Å². The van der Waals surface area contributed by atoms with Crippen LogP contribution < -0.4 is 14.8 Å². The van der Waals surface area contributed by atoms with Crippen LogP contribution in [0.15, 0.2) is 53.4 Å². The van der Waals surface area contributed by atoms with Crippen molar-refractivity contribution >= 4 is 32.4 Å². The standard InChI is InChI=1S/C19H17F3N4O4S2/c1-11(26-32(28,29)15-5-3-4-13(10-15)19(20,21)22)16(27)23-18-25-24-17(31-18)12-6-8-14(30-2)9-7-12/h3-11,26H,1-2H3,(H,23,25,27). The molecule has 1 aromatic heterocycles. The lowest BCUT2D eigenvalue weighted by molar-refractivity contribution is -0.137. The number of sulfonamides is 1. The smallest absolute Gasteiger partial charge is 0.416 e. The molecule has 3 aromatic rings. The van der Waals surface area contributed by atoms with E-state index in [9.17, 15) is 26.4 Å². The van der Waals surface area contributed by atoms with Gasteiger partial charge >= 0.3 is 6.18 Å². The Hall–Kier alpha value is -3.03. The van der Waals surface area contributed by atoms with Gasteiger partial charge in [0, 0.05) is 5.56 Å². The number of anilines is 1. The summed E-state index contributed by atoms with van der Waals surface area (Å²) in [6.07, 6.45) is -4.70. The predicted molar refractivity (Wildman–Crippen MR) is 112 cm³/mol. The van der Waals surface area contributed by atoms with Crippen molar-refractivity contribution in [3.63, 3.8) is 0 Å². The second-order valence-corrected chi connectivity index (χ2v) is 9.19. The third kappa shape index (κ3) is 5.60. The van der Waals surface area contributed by atoms with E-state index in [-0.39, 0.29) is 5.13 Å². The van der Waals surface area contributed by atoms with E-state index in [1.165, 1.54) is 14.0 Å². The van der Waals surface area contributed by atoms with Crippen molar-refractivity contribution in [1.82, 2.24) is 14.9 Å². The summed E-state index contributed by atoms with van der Waals surface area (Å²) in [6, 6.07) is 8.94. The number of nitrogens with zero attached hydrogens (tertiary/aromatic N) is 2. The second kappa shape index (κ2) is 9.22. The van der Waals surface area contributed by atoms with Gasteiger partial charge in [0.1, 0.15) is 10.8 Å². The lowest BCUT2D eigenvalue weighted by atomic mass is 10.2. The van der Waals surface area contributed by atoms with Crippen LogP contribution in [0.2, 0.25) is 0 Å². The molecule has 2 N–H and O–H groups in total. The summed E-state index contributed by atoms with van der Waals surface area (Å²) in [5.41, 5.74) is -0.375. The number of rotatable bonds is 7. The molecule has 2 aromatic carbocycles. The van der Waals surface area contributed by atoms with Gasteiger partial charge in [-0.25, -0.2) is 8.42 Å². The summed E-state index contributed by atoms with van der Waals surface area (Å²) < 4.78 is 70.6. The highest BCUT2D eigenvalue weighted by Gasteiger charge is 2.32. The molecule has 0 spiro atoms. The van der Waals surface area contributed by atoms with Crippen LogP contribution >= 0.6 is 11.3 Å². The van der Waals surface area contributed by atoms with E-state index in [0.717, 1.165) is 35.1 Å². The zero-order valence-electron chi connectivity index (χ0n) is 16.7. The summed E-state index contributed by atoms with van der Waals surface area (Å²) in [4.78, 5) is 11.8. The van der Waals surface area contributed by atoms with Gasteiger partial charge in [-0.05, 0) is 49.4 Å². The SMILES string of the molecule is COc1ccc(-c2nnc(NC(=O)C(C)NS(=O)(=O)c3cccc(C(F)(F)F)c3)s2)cc1. The quantitative estimate of drug-likeness (QED) is 0.529. The first-order valence-electron chi connectivity index (χ1n) is 8.98. The van der Waals surface area contributed by atoms with Gasteiger partial charge in [0.15, 0.2) is 0 Å². The number of amides is 1. The van der Waals surface area contributed by atoms with Crippen molar-refractivity contribution in [3.05, 3.63) is 54.1 Å². The zero-order valence-corrected chi connectivity index (χ0v) is 18.3. The van der Waals surface area contributed by atoms with Crippen LogP contribution in [0.4, 0.5) is 18.3 Å². The van der Waals surface area contributed by atoms with Gasteiger partial charge in [0.05, 0.1) is 23.6 Å². The lowest BCUT2D eigenvalue weighted by Crippen LogP contribution is -2.41. The second-order valence-electron chi connectivity index (χ2n) is 6.50. The van der Waals surface area contributed by atoms with Gasteiger partial charge < -0.3 is 4.74 Å². The molecule has 3 rings (SSSR count). The first kappa shape index (κ1) is 23.6. The maximum atomic E-state index is 12.9. The molecule has 170 valence electrons. The Morgan fingerprint density at radius 3 is 2.44 bits per heavy atom.